The summed E-state index contributed by atoms with van der Waals surface area (Å²) in [5, 5.41) is 14.9. The average molecular weight is 421 g/mol. The number of aromatic nitrogens is 1. The first kappa shape index (κ1) is 20.4. The molecule has 158 valence electrons. The second kappa shape index (κ2) is 8.49. The predicted octanol–water partition coefficient (Wildman–Crippen LogP) is 3.64. The molecule has 9 heteroatoms. The number of carbonyl (C=O) groups is 2. The number of fused-ring (bicyclic) bond motifs is 2. The van der Waals surface area contributed by atoms with Crippen LogP contribution in [-0.2, 0) is 22.5 Å². The lowest BCUT2D eigenvalue weighted by Crippen LogP contribution is -2.19. The summed E-state index contributed by atoms with van der Waals surface area (Å²) in [6.45, 7) is 2.58. The molecule has 0 spiro atoms. The normalized spacial score (nSPS) is 12.8. The van der Waals surface area contributed by atoms with Gasteiger partial charge in [0.1, 0.15) is 0 Å². The third kappa shape index (κ3) is 4.08. The summed E-state index contributed by atoms with van der Waals surface area (Å²) in [6.07, 6.45) is 0.618. The minimum atomic E-state index is -0.736. The van der Waals surface area contributed by atoms with E-state index in [1.54, 1.807) is 6.92 Å². The van der Waals surface area contributed by atoms with Gasteiger partial charge in [0, 0.05) is 35.1 Å². The van der Waals surface area contributed by atoms with Crippen LogP contribution in [0.15, 0.2) is 42.5 Å². The molecule has 2 heterocycles. The highest BCUT2D eigenvalue weighted by Gasteiger charge is 2.23. The minimum Gasteiger partial charge on any atom is -0.462 e. The number of pyridine rings is 1. The summed E-state index contributed by atoms with van der Waals surface area (Å²) >= 11 is 0. The number of non-ortho nitro benzene ring substituents is 1. The predicted molar refractivity (Wildman–Crippen MR) is 112 cm³/mol. The molecule has 1 aliphatic heterocycles. The van der Waals surface area contributed by atoms with Crippen LogP contribution in [0, 0.1) is 10.1 Å². The zero-order valence-corrected chi connectivity index (χ0v) is 16.7. The Labute approximate surface area is 177 Å². The number of amides is 1. The molecule has 0 atom stereocenters. The van der Waals surface area contributed by atoms with Gasteiger partial charge >= 0.3 is 5.97 Å². The molecule has 3 aromatic rings. The Kier molecular flexibility index (Phi) is 5.59. The number of ether oxygens (including phenoxy) is 2. The third-order valence-electron chi connectivity index (χ3n) is 4.95. The van der Waals surface area contributed by atoms with E-state index in [0.29, 0.717) is 25.3 Å². The number of nitrogens with zero attached hydrogens (tertiary/aromatic N) is 2. The molecule has 0 aliphatic carbocycles. The number of para-hydroxylation sites is 1. The fourth-order valence-corrected chi connectivity index (χ4v) is 3.52. The van der Waals surface area contributed by atoms with Crippen molar-refractivity contribution in [3.05, 3.63) is 75.0 Å². The third-order valence-corrected chi connectivity index (χ3v) is 4.95. The second-order valence-corrected chi connectivity index (χ2v) is 6.93. The SMILES string of the molecule is CCOC(=O)c1cc(C(=O)Nc2c3c(nc4ccccc24)CCOC3)cc([N+](=O)[O-])c1. The maximum Gasteiger partial charge on any atom is 0.338 e. The summed E-state index contributed by atoms with van der Waals surface area (Å²) < 4.78 is 10.5. The van der Waals surface area contributed by atoms with Gasteiger partial charge in [-0.15, -0.1) is 0 Å². The van der Waals surface area contributed by atoms with Crippen LogP contribution in [0.25, 0.3) is 10.9 Å². The first-order chi connectivity index (χ1) is 15.0. The van der Waals surface area contributed by atoms with E-state index in [1.165, 1.54) is 6.07 Å². The van der Waals surface area contributed by atoms with Gasteiger partial charge in [-0.2, -0.15) is 0 Å². The van der Waals surface area contributed by atoms with Crippen molar-refractivity contribution in [1.29, 1.82) is 0 Å². The highest BCUT2D eigenvalue weighted by Crippen LogP contribution is 2.32. The molecular weight excluding hydrogens is 402 g/mol. The molecule has 1 amide bonds. The van der Waals surface area contributed by atoms with Crippen LogP contribution in [0.3, 0.4) is 0 Å². The summed E-state index contributed by atoms with van der Waals surface area (Å²) in [4.78, 5) is 40.6. The quantitative estimate of drug-likeness (QED) is 0.379. The first-order valence-corrected chi connectivity index (χ1v) is 9.74. The monoisotopic (exact) mass is 421 g/mol. The lowest BCUT2D eigenvalue weighted by atomic mass is 10.0. The minimum absolute atomic E-state index is 0.0244. The average Bonchev–Trinajstić information content (AvgIpc) is 2.78. The van der Waals surface area contributed by atoms with Gasteiger partial charge in [0.25, 0.3) is 11.6 Å². The Hall–Kier alpha value is -3.85. The number of esters is 1. The summed E-state index contributed by atoms with van der Waals surface area (Å²) in [5.41, 5.74) is 2.43. The highest BCUT2D eigenvalue weighted by atomic mass is 16.6. The number of anilines is 1. The van der Waals surface area contributed by atoms with Crippen molar-refractivity contribution in [1.82, 2.24) is 4.98 Å². The first-order valence-electron chi connectivity index (χ1n) is 9.74. The molecule has 1 aliphatic rings. The maximum atomic E-state index is 13.1. The molecular formula is C22H19N3O6. The van der Waals surface area contributed by atoms with Crippen LogP contribution in [0.1, 0.15) is 38.9 Å². The van der Waals surface area contributed by atoms with E-state index < -0.39 is 16.8 Å². The van der Waals surface area contributed by atoms with Crippen molar-refractivity contribution in [3.63, 3.8) is 0 Å². The number of hydrogen-bond acceptors (Lipinski definition) is 7. The smallest absolute Gasteiger partial charge is 0.338 e. The Bertz CT molecular complexity index is 1210. The molecule has 1 N–H and O–H groups in total. The Morgan fingerprint density at radius 3 is 2.77 bits per heavy atom. The fourth-order valence-electron chi connectivity index (χ4n) is 3.52. The Morgan fingerprint density at radius 2 is 2.00 bits per heavy atom. The standard InChI is InChI=1S/C22H19N3O6/c1-2-31-22(27)14-9-13(10-15(11-14)25(28)29)21(26)24-20-16-5-3-4-6-18(16)23-19-7-8-30-12-17(19)20/h3-6,9-11H,2,7-8,12H2,1H3,(H,23,24,26). The van der Waals surface area contributed by atoms with Crippen LogP contribution >= 0.6 is 0 Å². The van der Waals surface area contributed by atoms with E-state index in [0.717, 1.165) is 34.3 Å². The Balaban J connectivity index is 1.77. The van der Waals surface area contributed by atoms with E-state index in [-0.39, 0.29) is 23.4 Å². The van der Waals surface area contributed by atoms with Crippen molar-refractivity contribution >= 4 is 34.2 Å². The zero-order valence-electron chi connectivity index (χ0n) is 16.7. The number of carbonyl (C=O) groups excluding carboxylic acids is 2. The summed E-state index contributed by atoms with van der Waals surface area (Å²) in [5.74, 6) is -1.32. The number of rotatable bonds is 5. The van der Waals surface area contributed by atoms with Crippen molar-refractivity contribution in [2.45, 2.75) is 20.0 Å². The van der Waals surface area contributed by atoms with Crippen molar-refractivity contribution < 1.29 is 24.0 Å². The van der Waals surface area contributed by atoms with Crippen LogP contribution < -0.4 is 5.32 Å². The molecule has 0 radical (unpaired) electrons. The van der Waals surface area contributed by atoms with Gasteiger partial charge in [-0.1, -0.05) is 18.2 Å². The number of nitro benzene ring substituents is 1. The second-order valence-electron chi connectivity index (χ2n) is 6.93. The number of nitrogens with one attached hydrogen (secondary N) is 1. The topological polar surface area (TPSA) is 121 Å². The van der Waals surface area contributed by atoms with Gasteiger partial charge in [0.15, 0.2) is 0 Å². The lowest BCUT2D eigenvalue weighted by molar-refractivity contribution is -0.384. The van der Waals surface area contributed by atoms with Crippen molar-refractivity contribution in [3.8, 4) is 0 Å². The summed E-state index contributed by atoms with van der Waals surface area (Å²) in [6, 6.07) is 10.9. The lowest BCUT2D eigenvalue weighted by Gasteiger charge is -2.21. The molecule has 0 unspecified atom stereocenters. The zero-order chi connectivity index (χ0) is 22.0. The Morgan fingerprint density at radius 1 is 1.23 bits per heavy atom. The fraction of sp³-hybridized carbons (Fsp3) is 0.227. The van der Waals surface area contributed by atoms with E-state index in [9.17, 15) is 19.7 Å². The van der Waals surface area contributed by atoms with E-state index >= 15 is 0 Å². The number of hydrogen-bond donors (Lipinski definition) is 1. The molecule has 9 nitrogen and oxygen atoms in total. The largest absolute Gasteiger partial charge is 0.462 e. The van der Waals surface area contributed by atoms with Crippen molar-refractivity contribution in [2.24, 2.45) is 0 Å². The molecule has 0 fully saturated rings. The van der Waals surface area contributed by atoms with Gasteiger partial charge in [0.2, 0.25) is 0 Å². The number of nitro groups is 1. The molecule has 31 heavy (non-hydrogen) atoms. The van der Waals surface area contributed by atoms with Crippen molar-refractivity contribution in [2.75, 3.05) is 18.5 Å². The van der Waals surface area contributed by atoms with E-state index in [2.05, 4.69) is 10.3 Å². The van der Waals surface area contributed by atoms with Crippen LogP contribution in [0.4, 0.5) is 11.4 Å². The van der Waals surface area contributed by atoms with E-state index in [1.807, 2.05) is 24.3 Å². The van der Waals surface area contributed by atoms with Crippen LogP contribution in [0.2, 0.25) is 0 Å². The summed E-state index contributed by atoms with van der Waals surface area (Å²) in [7, 11) is 0. The molecule has 2 aromatic carbocycles. The van der Waals surface area contributed by atoms with E-state index in [4.69, 9.17) is 9.47 Å². The van der Waals surface area contributed by atoms with Gasteiger partial charge in [-0.25, -0.2) is 4.79 Å². The van der Waals surface area contributed by atoms with Gasteiger partial charge < -0.3 is 14.8 Å². The maximum absolute atomic E-state index is 13.1. The van der Waals surface area contributed by atoms with Crippen LogP contribution in [-0.4, -0.2) is 35.0 Å². The van der Waals surface area contributed by atoms with Crippen LogP contribution in [0.5, 0.6) is 0 Å². The molecule has 0 saturated carbocycles. The molecule has 1 aromatic heterocycles. The molecule has 0 saturated heterocycles. The highest BCUT2D eigenvalue weighted by molar-refractivity contribution is 6.10. The van der Waals surface area contributed by atoms with Gasteiger partial charge in [-0.05, 0) is 19.1 Å². The molecule has 4 rings (SSSR count). The van der Waals surface area contributed by atoms with Gasteiger partial charge in [-0.3, -0.25) is 19.9 Å². The van der Waals surface area contributed by atoms with Gasteiger partial charge in [0.05, 0.1) is 47.2 Å². The number of benzene rings is 2. The molecule has 0 bridgehead atoms.